The van der Waals surface area contributed by atoms with Gasteiger partial charge in [-0.25, -0.2) is 4.79 Å². The summed E-state index contributed by atoms with van der Waals surface area (Å²) < 4.78 is 5.80. The lowest BCUT2D eigenvalue weighted by Crippen LogP contribution is -2.52. The van der Waals surface area contributed by atoms with Crippen LogP contribution in [-0.4, -0.2) is 71.4 Å². The number of para-hydroxylation sites is 1. The Morgan fingerprint density at radius 3 is 2.58 bits per heavy atom. The Balaban J connectivity index is 0.000000180. The topological polar surface area (TPSA) is 145 Å². The van der Waals surface area contributed by atoms with Crippen LogP contribution in [0.25, 0.3) is 10.9 Å². The van der Waals surface area contributed by atoms with Crippen molar-refractivity contribution in [1.82, 2.24) is 14.9 Å². The molecule has 3 aliphatic rings. The molecule has 4 N–H and O–H groups in total. The van der Waals surface area contributed by atoms with Gasteiger partial charge in [-0.3, -0.25) is 4.79 Å². The molecule has 0 saturated carbocycles. The van der Waals surface area contributed by atoms with Gasteiger partial charge in [0.25, 0.3) is 5.91 Å². The van der Waals surface area contributed by atoms with Crippen LogP contribution >= 0.6 is 0 Å². The number of carbonyl (C=O) groups is 2. The molecule has 2 fully saturated rings. The molecule has 1 spiro atoms. The number of hydrogen-bond donors (Lipinski definition) is 3. The molecule has 228 valence electrons. The van der Waals surface area contributed by atoms with Crippen LogP contribution in [0.15, 0.2) is 48.7 Å². The zero-order chi connectivity index (χ0) is 30.4. The third kappa shape index (κ3) is 6.95. The third-order valence-corrected chi connectivity index (χ3v) is 9.29. The van der Waals surface area contributed by atoms with Crippen molar-refractivity contribution in [1.29, 1.82) is 5.26 Å². The maximum absolute atomic E-state index is 11.7. The summed E-state index contributed by atoms with van der Waals surface area (Å²) in [5, 5.41) is 20.4. The van der Waals surface area contributed by atoms with E-state index in [-0.39, 0.29) is 11.3 Å². The first-order valence-electron chi connectivity index (χ1n) is 15.2. The summed E-state index contributed by atoms with van der Waals surface area (Å²) in [5.74, 6) is 1.13. The number of nitrogens with one attached hydrogen (secondary N) is 1. The number of aryl methyl sites for hydroxylation is 1. The molecule has 6 rings (SSSR count). The van der Waals surface area contributed by atoms with Crippen molar-refractivity contribution in [2.75, 3.05) is 33.2 Å². The highest BCUT2D eigenvalue weighted by Crippen LogP contribution is 2.49. The number of piperidine rings is 2. The maximum atomic E-state index is 11.7. The summed E-state index contributed by atoms with van der Waals surface area (Å²) in [6.07, 6.45) is 8.61. The van der Waals surface area contributed by atoms with Crippen LogP contribution in [0.4, 0.5) is 4.79 Å². The maximum Gasteiger partial charge on any atom is 0.525 e. The molecule has 1 amide bonds. The molecule has 3 aromatic rings. The van der Waals surface area contributed by atoms with Gasteiger partial charge in [-0.05, 0) is 94.4 Å². The Morgan fingerprint density at radius 1 is 1.14 bits per heavy atom. The second-order valence-electron chi connectivity index (χ2n) is 12.0. The number of primary amides is 1. The molecule has 1 atom stereocenters. The third-order valence-electron chi connectivity index (χ3n) is 9.29. The number of ether oxygens (including phenoxy) is 1. The smallest absolute Gasteiger partial charge is 0.479 e. The number of rotatable bonds is 7. The lowest BCUT2D eigenvalue weighted by molar-refractivity contribution is -0.136. The minimum absolute atomic E-state index is 0.213. The fraction of sp³-hybridized carbons (Fsp3) is 0.485. The molecule has 1 aromatic heterocycles. The van der Waals surface area contributed by atoms with Crippen molar-refractivity contribution < 1.29 is 24.3 Å². The lowest BCUT2D eigenvalue weighted by Gasteiger charge is -2.39. The monoisotopic (exact) mass is 587 g/mol. The fourth-order valence-corrected chi connectivity index (χ4v) is 6.84. The van der Waals surface area contributed by atoms with E-state index >= 15 is 0 Å². The van der Waals surface area contributed by atoms with Gasteiger partial charge in [0.05, 0.1) is 11.6 Å². The Kier molecular flexibility index (Phi) is 9.53. The predicted octanol–water partition coefficient (Wildman–Crippen LogP) is 4.97. The van der Waals surface area contributed by atoms with Gasteiger partial charge in [0.2, 0.25) is 0 Å². The number of nitrogens with zero attached hydrogens (tertiary/aromatic N) is 3. The van der Waals surface area contributed by atoms with Crippen molar-refractivity contribution in [3.05, 3.63) is 65.4 Å². The van der Waals surface area contributed by atoms with Crippen LogP contribution in [0.1, 0.15) is 61.6 Å². The molecule has 2 saturated heterocycles. The number of hydrogen-bond acceptors (Lipinski definition) is 7. The second kappa shape index (κ2) is 13.5. The zero-order valence-corrected chi connectivity index (χ0v) is 24.8. The van der Waals surface area contributed by atoms with Gasteiger partial charge in [-0.2, -0.15) is 5.26 Å². The number of unbranched alkanes of at least 4 members (excludes halogenated alkanes) is 1. The van der Waals surface area contributed by atoms with Gasteiger partial charge in [0, 0.05) is 41.2 Å². The van der Waals surface area contributed by atoms with Gasteiger partial charge in [-0.1, -0.05) is 31.0 Å². The average molecular weight is 588 g/mol. The number of likely N-dealkylation sites (tertiary alicyclic amines) is 1. The number of benzene rings is 2. The summed E-state index contributed by atoms with van der Waals surface area (Å²) in [6, 6.07) is 15.9. The SMILES string of the molecule is CN1CCC2(CC1)c1ccccc1OC2C(N)=O.N#Cc1ccc2[nH]cc(CCCCC3CCN(OC(=O)O)CC3)c2c1. The van der Waals surface area contributed by atoms with Gasteiger partial charge >= 0.3 is 6.16 Å². The van der Waals surface area contributed by atoms with Crippen molar-refractivity contribution in [3.8, 4) is 11.8 Å². The highest BCUT2D eigenvalue weighted by molar-refractivity contribution is 5.84. The largest absolute Gasteiger partial charge is 0.525 e. The first-order chi connectivity index (χ1) is 20.8. The van der Waals surface area contributed by atoms with Crippen LogP contribution < -0.4 is 10.5 Å². The molecule has 0 radical (unpaired) electrons. The van der Waals surface area contributed by atoms with E-state index in [2.05, 4.69) is 29.1 Å². The summed E-state index contributed by atoms with van der Waals surface area (Å²) in [5.41, 5.74) is 9.54. The Bertz CT molecular complexity index is 1460. The molecule has 1 unspecified atom stereocenters. The van der Waals surface area contributed by atoms with Crippen LogP contribution in [-0.2, 0) is 21.5 Å². The quantitative estimate of drug-likeness (QED) is 0.329. The number of nitrogens with two attached hydrogens (primary N) is 1. The van der Waals surface area contributed by atoms with Gasteiger partial charge in [0.15, 0.2) is 6.10 Å². The lowest BCUT2D eigenvalue weighted by atomic mass is 9.70. The van der Waals surface area contributed by atoms with Gasteiger partial charge in [0.1, 0.15) is 5.75 Å². The second-order valence-corrected chi connectivity index (χ2v) is 12.0. The molecule has 4 heterocycles. The number of aromatic amines is 1. The van der Waals surface area contributed by atoms with Crippen LogP contribution in [0.3, 0.4) is 0 Å². The summed E-state index contributed by atoms with van der Waals surface area (Å²) in [6.45, 7) is 3.33. The van der Waals surface area contributed by atoms with Gasteiger partial charge in [-0.15, -0.1) is 5.06 Å². The van der Waals surface area contributed by atoms with E-state index in [0.29, 0.717) is 24.6 Å². The number of H-pyrrole nitrogens is 1. The molecule has 0 bridgehead atoms. The van der Waals surface area contributed by atoms with Crippen LogP contribution in [0.2, 0.25) is 0 Å². The Morgan fingerprint density at radius 2 is 1.88 bits per heavy atom. The highest BCUT2D eigenvalue weighted by atomic mass is 16.8. The normalized spacial score (nSPS) is 20.0. The molecular formula is C33H41N5O5. The minimum atomic E-state index is -1.23. The first-order valence-corrected chi connectivity index (χ1v) is 15.2. The van der Waals surface area contributed by atoms with Crippen LogP contribution in [0, 0.1) is 17.2 Å². The molecule has 2 aromatic carbocycles. The van der Waals surface area contributed by atoms with E-state index in [1.165, 1.54) is 17.0 Å². The predicted molar refractivity (Wildman–Crippen MR) is 162 cm³/mol. The molecule has 3 aliphatic heterocycles. The first kappa shape index (κ1) is 30.4. The number of nitriles is 1. The van der Waals surface area contributed by atoms with E-state index < -0.39 is 12.3 Å². The number of hydroxylamine groups is 2. The van der Waals surface area contributed by atoms with Crippen molar-refractivity contribution in [3.63, 3.8) is 0 Å². The number of carboxylic acid groups (broad SMARTS) is 1. The molecule has 10 nitrogen and oxygen atoms in total. The molecule has 0 aliphatic carbocycles. The number of fused-ring (bicyclic) bond motifs is 3. The molecule has 43 heavy (non-hydrogen) atoms. The summed E-state index contributed by atoms with van der Waals surface area (Å²) in [4.78, 5) is 32.5. The highest BCUT2D eigenvalue weighted by Gasteiger charge is 2.52. The van der Waals surface area contributed by atoms with Gasteiger partial charge < -0.3 is 30.3 Å². The Labute approximate surface area is 252 Å². The standard InChI is InChI=1S/C19H23N3O3.C14H18N2O2/c20-12-15-5-6-18-17(11-15)16(13-21-18)4-2-1-3-14-7-9-22(10-8-14)25-19(23)24;1-16-8-6-14(7-9-16)10-4-2-3-5-11(10)18-12(14)13(15)17/h5-6,11,13-14,21H,1-4,7-10H2,(H,23,24);2-5,12H,6-9H2,1H3,(H2,15,17). The number of aromatic nitrogens is 1. The molecular weight excluding hydrogens is 546 g/mol. The molecule has 10 heteroatoms. The van der Waals surface area contributed by atoms with Crippen LogP contribution in [0.5, 0.6) is 5.75 Å². The minimum Gasteiger partial charge on any atom is -0.479 e. The van der Waals surface area contributed by atoms with E-state index in [9.17, 15) is 9.59 Å². The van der Waals surface area contributed by atoms with E-state index in [1.807, 2.05) is 42.6 Å². The zero-order valence-electron chi connectivity index (χ0n) is 24.8. The van der Waals surface area contributed by atoms with Crippen molar-refractivity contribution in [2.45, 2.75) is 62.9 Å². The Hall–Kier alpha value is -4.07. The van der Waals surface area contributed by atoms with Crippen molar-refractivity contribution >= 4 is 23.0 Å². The van der Waals surface area contributed by atoms with E-state index in [4.69, 9.17) is 25.7 Å². The van der Waals surface area contributed by atoms with E-state index in [0.717, 1.165) is 80.3 Å². The number of carbonyl (C=O) groups excluding carboxylic acids is 1. The number of amides is 1. The van der Waals surface area contributed by atoms with Crippen molar-refractivity contribution in [2.24, 2.45) is 11.7 Å². The fourth-order valence-electron chi connectivity index (χ4n) is 6.84. The summed E-state index contributed by atoms with van der Waals surface area (Å²) >= 11 is 0. The average Bonchev–Trinajstić information content (AvgIpc) is 3.56. The van der Waals surface area contributed by atoms with E-state index in [1.54, 1.807) is 0 Å². The summed E-state index contributed by atoms with van der Waals surface area (Å²) in [7, 11) is 2.11.